The normalized spacial score (nSPS) is 18.6. The lowest BCUT2D eigenvalue weighted by molar-refractivity contribution is -0.137. The van der Waals surface area contributed by atoms with Crippen LogP contribution in [0.3, 0.4) is 0 Å². The molecule has 0 bridgehead atoms. The lowest BCUT2D eigenvalue weighted by Crippen LogP contribution is -2.44. The Labute approximate surface area is 127 Å². The Bertz CT molecular complexity index is 542. The van der Waals surface area contributed by atoms with Crippen molar-refractivity contribution in [1.82, 2.24) is 0 Å². The predicted molar refractivity (Wildman–Crippen MR) is 83.6 cm³/mol. The molecule has 0 saturated carbocycles. The molecular formula is C14H16N2O2S2. The first-order valence-electron chi connectivity index (χ1n) is 6.30. The molecular weight excluding hydrogens is 292 g/mol. The van der Waals surface area contributed by atoms with Crippen LogP contribution in [-0.2, 0) is 4.79 Å². The fraction of sp³-hybridized carbons (Fsp3) is 0.429. The van der Waals surface area contributed by atoms with Crippen LogP contribution in [0.15, 0.2) is 23.1 Å². The van der Waals surface area contributed by atoms with E-state index in [2.05, 4.69) is 11.0 Å². The number of carbonyl (C=O) groups is 1. The molecule has 0 spiro atoms. The number of benzene rings is 1. The van der Waals surface area contributed by atoms with Gasteiger partial charge in [-0.3, -0.25) is 4.79 Å². The number of hydrogen-bond donors (Lipinski definition) is 1. The van der Waals surface area contributed by atoms with Gasteiger partial charge in [-0.25, -0.2) is 0 Å². The smallest absolute Gasteiger partial charge is 0.305 e. The molecule has 1 aliphatic rings. The van der Waals surface area contributed by atoms with Crippen LogP contribution in [0.2, 0.25) is 0 Å². The zero-order chi connectivity index (χ0) is 14.5. The van der Waals surface area contributed by atoms with Gasteiger partial charge >= 0.3 is 5.97 Å². The topological polar surface area (TPSA) is 64.3 Å². The zero-order valence-corrected chi connectivity index (χ0v) is 12.8. The monoisotopic (exact) mass is 308 g/mol. The lowest BCUT2D eigenvalue weighted by Gasteiger charge is -2.37. The number of hydrogen-bond acceptors (Lipinski definition) is 5. The maximum absolute atomic E-state index is 11.0. The number of carboxylic acids is 1. The third-order valence-electron chi connectivity index (χ3n) is 3.28. The summed E-state index contributed by atoms with van der Waals surface area (Å²) in [5, 5.41) is 18.5. The average molecular weight is 308 g/mol. The van der Waals surface area contributed by atoms with Crippen molar-refractivity contribution in [3.05, 3.63) is 23.8 Å². The molecule has 1 aromatic rings. The molecule has 20 heavy (non-hydrogen) atoms. The number of carboxylic acid groups (broad SMARTS) is 1. The Hall–Kier alpha value is -1.32. The van der Waals surface area contributed by atoms with Gasteiger partial charge in [0.25, 0.3) is 0 Å². The summed E-state index contributed by atoms with van der Waals surface area (Å²) in [6, 6.07) is 8.00. The Morgan fingerprint density at radius 3 is 3.10 bits per heavy atom. The van der Waals surface area contributed by atoms with Crippen LogP contribution < -0.4 is 4.90 Å². The highest BCUT2D eigenvalue weighted by molar-refractivity contribution is 7.99. The zero-order valence-electron chi connectivity index (χ0n) is 11.2. The van der Waals surface area contributed by atoms with Gasteiger partial charge in [-0.2, -0.15) is 17.0 Å². The number of thioether (sulfide) groups is 2. The second-order valence-electron chi connectivity index (χ2n) is 4.49. The molecule has 2 rings (SSSR count). The molecule has 1 saturated heterocycles. The van der Waals surface area contributed by atoms with E-state index < -0.39 is 5.97 Å². The molecule has 1 fully saturated rings. The maximum Gasteiger partial charge on any atom is 0.305 e. The molecule has 106 valence electrons. The molecule has 1 N–H and O–H groups in total. The quantitative estimate of drug-likeness (QED) is 0.863. The summed E-state index contributed by atoms with van der Waals surface area (Å²) >= 11 is 3.32. The number of anilines is 1. The summed E-state index contributed by atoms with van der Waals surface area (Å²) in [4.78, 5) is 14.0. The Balaban J connectivity index is 2.37. The molecule has 1 aliphatic heterocycles. The number of aliphatic carboxylic acids is 1. The van der Waals surface area contributed by atoms with Crippen LogP contribution in [0.1, 0.15) is 12.0 Å². The fourth-order valence-corrected chi connectivity index (χ4v) is 4.02. The summed E-state index contributed by atoms with van der Waals surface area (Å²) in [5.41, 5.74) is 1.52. The highest BCUT2D eigenvalue weighted by Gasteiger charge is 2.27. The summed E-state index contributed by atoms with van der Waals surface area (Å²) in [6.07, 6.45) is 2.06. The van der Waals surface area contributed by atoms with Crippen molar-refractivity contribution in [2.45, 2.75) is 17.4 Å². The van der Waals surface area contributed by atoms with Gasteiger partial charge < -0.3 is 10.0 Å². The van der Waals surface area contributed by atoms with Crippen molar-refractivity contribution < 1.29 is 9.90 Å². The van der Waals surface area contributed by atoms with E-state index in [1.807, 2.05) is 24.5 Å². The van der Waals surface area contributed by atoms with Gasteiger partial charge in [-0.15, -0.1) is 11.8 Å². The van der Waals surface area contributed by atoms with E-state index in [0.29, 0.717) is 5.56 Å². The minimum absolute atomic E-state index is 0.0459. The van der Waals surface area contributed by atoms with Gasteiger partial charge in [0.1, 0.15) is 6.07 Å². The van der Waals surface area contributed by atoms with Crippen LogP contribution in [0.4, 0.5) is 5.69 Å². The molecule has 4 nitrogen and oxygen atoms in total. The summed E-state index contributed by atoms with van der Waals surface area (Å²) in [6.45, 7) is 0.787. The highest BCUT2D eigenvalue weighted by Crippen LogP contribution is 2.33. The lowest BCUT2D eigenvalue weighted by atomic mass is 10.1. The Morgan fingerprint density at radius 1 is 1.65 bits per heavy atom. The van der Waals surface area contributed by atoms with E-state index in [4.69, 9.17) is 5.11 Å². The van der Waals surface area contributed by atoms with Crippen molar-refractivity contribution in [2.75, 3.05) is 29.2 Å². The van der Waals surface area contributed by atoms with Crippen LogP contribution >= 0.6 is 23.5 Å². The Kier molecular flexibility index (Phi) is 5.21. The molecule has 6 heteroatoms. The first-order chi connectivity index (χ1) is 9.67. The van der Waals surface area contributed by atoms with Crippen molar-refractivity contribution in [2.24, 2.45) is 0 Å². The van der Waals surface area contributed by atoms with E-state index in [1.54, 1.807) is 23.5 Å². The van der Waals surface area contributed by atoms with E-state index in [0.717, 1.165) is 28.6 Å². The second kappa shape index (κ2) is 6.91. The Morgan fingerprint density at radius 2 is 2.45 bits per heavy atom. The summed E-state index contributed by atoms with van der Waals surface area (Å²) < 4.78 is 0. The van der Waals surface area contributed by atoms with Gasteiger partial charge in [0.2, 0.25) is 0 Å². The molecule has 1 aromatic carbocycles. The maximum atomic E-state index is 11.0. The van der Waals surface area contributed by atoms with Crippen LogP contribution in [0, 0.1) is 11.3 Å². The minimum atomic E-state index is -0.790. The second-order valence-corrected chi connectivity index (χ2v) is 6.48. The van der Waals surface area contributed by atoms with E-state index in [9.17, 15) is 10.1 Å². The van der Waals surface area contributed by atoms with E-state index in [1.165, 1.54) is 0 Å². The van der Waals surface area contributed by atoms with Crippen molar-refractivity contribution in [1.29, 1.82) is 5.26 Å². The molecule has 1 heterocycles. The van der Waals surface area contributed by atoms with Crippen LogP contribution in [0.25, 0.3) is 0 Å². The molecule has 0 amide bonds. The van der Waals surface area contributed by atoms with Gasteiger partial charge in [0.15, 0.2) is 0 Å². The van der Waals surface area contributed by atoms with Crippen molar-refractivity contribution >= 4 is 35.2 Å². The number of nitrogens with zero attached hydrogens (tertiary/aromatic N) is 2. The average Bonchev–Trinajstić information content (AvgIpc) is 2.46. The van der Waals surface area contributed by atoms with Crippen molar-refractivity contribution in [3.8, 4) is 6.07 Å². The van der Waals surface area contributed by atoms with Crippen molar-refractivity contribution in [3.63, 3.8) is 0 Å². The molecule has 0 radical (unpaired) electrons. The predicted octanol–water partition coefficient (Wildman–Crippen LogP) is 2.68. The third kappa shape index (κ3) is 3.22. The summed E-state index contributed by atoms with van der Waals surface area (Å²) in [7, 11) is 0. The molecule has 0 aliphatic carbocycles. The molecule has 1 atom stereocenters. The number of nitriles is 1. The van der Waals surface area contributed by atoms with Gasteiger partial charge in [-0.05, 0) is 18.4 Å². The first-order valence-corrected chi connectivity index (χ1v) is 8.68. The van der Waals surface area contributed by atoms with Gasteiger partial charge in [-0.1, -0.05) is 6.07 Å². The minimum Gasteiger partial charge on any atom is -0.481 e. The van der Waals surface area contributed by atoms with Crippen LogP contribution in [-0.4, -0.2) is 41.4 Å². The number of rotatable bonds is 4. The van der Waals surface area contributed by atoms with E-state index in [-0.39, 0.29) is 12.5 Å². The van der Waals surface area contributed by atoms with Gasteiger partial charge in [0.05, 0.1) is 17.7 Å². The SMILES string of the molecule is CSc1cccc(N2CCSCC2CC(=O)O)c1C#N. The first kappa shape index (κ1) is 15.1. The third-order valence-corrected chi connectivity index (χ3v) is 5.15. The van der Waals surface area contributed by atoms with Crippen LogP contribution in [0.5, 0.6) is 0 Å². The largest absolute Gasteiger partial charge is 0.481 e. The fourth-order valence-electron chi connectivity index (χ4n) is 2.38. The van der Waals surface area contributed by atoms with Gasteiger partial charge in [0, 0.05) is 29.0 Å². The van der Waals surface area contributed by atoms with E-state index >= 15 is 0 Å². The highest BCUT2D eigenvalue weighted by atomic mass is 32.2. The summed E-state index contributed by atoms with van der Waals surface area (Å²) in [5.74, 6) is 0.965. The molecule has 0 aromatic heterocycles. The standard InChI is InChI=1S/C14H16N2O2S2/c1-19-13-4-2-3-12(11(13)8-15)16-5-6-20-9-10(16)7-14(17)18/h2-4,10H,5-7,9H2,1H3,(H,17,18). The molecule has 1 unspecified atom stereocenters.